The van der Waals surface area contributed by atoms with Gasteiger partial charge in [-0.05, 0) is 34.1 Å². The number of halogens is 1. The lowest BCUT2D eigenvalue weighted by Crippen LogP contribution is -2.26. The normalized spacial score (nSPS) is 14.2. The SMILES string of the molecule is COCn1c(-c2[nH]c3ccccc3c2C2=C(Br)C(=O)N(C)C2=O)cnc1Sc1ccccc1. The zero-order valence-electron chi connectivity index (χ0n) is 17.8. The summed E-state index contributed by atoms with van der Waals surface area (Å²) in [5.41, 5.74) is 3.30. The van der Waals surface area contributed by atoms with E-state index >= 15 is 0 Å². The first-order valence-electron chi connectivity index (χ1n) is 10.1. The fraction of sp³-hybridized carbons (Fsp3) is 0.125. The second-order valence-electron chi connectivity index (χ2n) is 7.47. The standard InChI is InChI=1S/C24H19BrN4O3S/c1-28-22(30)19(20(25)23(28)31)18-15-10-6-7-11-16(15)27-21(18)17-12-26-24(29(17)13-32-2)33-14-8-4-3-5-9-14/h3-12,27H,13H2,1-2H3. The predicted octanol–water partition coefficient (Wildman–Crippen LogP) is 4.89. The highest BCUT2D eigenvalue weighted by Crippen LogP contribution is 2.42. The van der Waals surface area contributed by atoms with Crippen molar-refractivity contribution in [2.75, 3.05) is 14.2 Å². The van der Waals surface area contributed by atoms with E-state index < -0.39 is 0 Å². The van der Waals surface area contributed by atoms with E-state index in [4.69, 9.17) is 4.74 Å². The molecule has 2 aromatic carbocycles. The number of para-hydroxylation sites is 1. The van der Waals surface area contributed by atoms with Crippen LogP contribution in [0.25, 0.3) is 27.9 Å². The number of carbonyl (C=O) groups excluding carboxylic acids is 2. The Balaban J connectivity index is 1.73. The monoisotopic (exact) mass is 522 g/mol. The second kappa shape index (κ2) is 8.66. The molecule has 0 bridgehead atoms. The van der Waals surface area contributed by atoms with Crippen molar-refractivity contribution in [1.29, 1.82) is 0 Å². The number of hydrogen-bond acceptors (Lipinski definition) is 5. The summed E-state index contributed by atoms with van der Waals surface area (Å²) in [4.78, 5) is 35.8. The molecule has 4 aromatic rings. The third-order valence-electron chi connectivity index (χ3n) is 5.47. The lowest BCUT2D eigenvalue weighted by molar-refractivity contribution is -0.134. The molecule has 1 N–H and O–H groups in total. The van der Waals surface area contributed by atoms with Gasteiger partial charge in [-0.25, -0.2) is 4.98 Å². The van der Waals surface area contributed by atoms with Crippen LogP contribution >= 0.6 is 27.7 Å². The minimum Gasteiger partial charge on any atom is -0.364 e. The maximum Gasteiger partial charge on any atom is 0.268 e. The van der Waals surface area contributed by atoms with Crippen molar-refractivity contribution < 1.29 is 14.3 Å². The number of methoxy groups -OCH3 is 1. The predicted molar refractivity (Wildman–Crippen MR) is 131 cm³/mol. The molecule has 0 saturated heterocycles. The average Bonchev–Trinajstić information content (AvgIpc) is 3.45. The summed E-state index contributed by atoms with van der Waals surface area (Å²) in [6.07, 6.45) is 1.76. The van der Waals surface area contributed by atoms with Gasteiger partial charge in [0.2, 0.25) is 0 Å². The molecular weight excluding hydrogens is 504 g/mol. The number of fused-ring (bicyclic) bond motifs is 1. The molecule has 2 aromatic heterocycles. The van der Waals surface area contributed by atoms with Crippen LogP contribution in [0.5, 0.6) is 0 Å². The summed E-state index contributed by atoms with van der Waals surface area (Å²) in [6, 6.07) is 17.7. The number of likely N-dealkylation sites (N-methyl/N-ethyl adjacent to an activating group) is 1. The molecule has 3 heterocycles. The van der Waals surface area contributed by atoms with Crippen molar-refractivity contribution in [3.63, 3.8) is 0 Å². The van der Waals surface area contributed by atoms with Gasteiger partial charge in [0, 0.05) is 35.5 Å². The molecule has 0 radical (unpaired) electrons. The van der Waals surface area contributed by atoms with Gasteiger partial charge < -0.3 is 9.72 Å². The van der Waals surface area contributed by atoms with Crippen LogP contribution in [-0.2, 0) is 21.1 Å². The summed E-state index contributed by atoms with van der Waals surface area (Å²) >= 11 is 4.89. The molecule has 166 valence electrons. The summed E-state index contributed by atoms with van der Waals surface area (Å²) in [7, 11) is 3.11. The van der Waals surface area contributed by atoms with Crippen molar-refractivity contribution in [2.24, 2.45) is 0 Å². The maximum atomic E-state index is 13.1. The number of imide groups is 1. The Morgan fingerprint density at radius 2 is 1.79 bits per heavy atom. The Kier molecular flexibility index (Phi) is 5.69. The molecule has 0 saturated carbocycles. The van der Waals surface area contributed by atoms with E-state index in [0.717, 1.165) is 31.5 Å². The zero-order valence-corrected chi connectivity index (χ0v) is 20.2. The molecule has 0 fully saturated rings. The number of rotatable bonds is 6. The van der Waals surface area contributed by atoms with Gasteiger partial charge in [0.05, 0.1) is 27.6 Å². The molecule has 33 heavy (non-hydrogen) atoms. The van der Waals surface area contributed by atoms with Gasteiger partial charge in [-0.3, -0.25) is 19.1 Å². The van der Waals surface area contributed by atoms with Crippen molar-refractivity contribution in [3.05, 3.63) is 70.8 Å². The van der Waals surface area contributed by atoms with Gasteiger partial charge in [-0.1, -0.05) is 48.2 Å². The summed E-state index contributed by atoms with van der Waals surface area (Å²) in [6.45, 7) is 0.270. The first kappa shape index (κ1) is 21.7. The number of benzene rings is 2. The van der Waals surface area contributed by atoms with Crippen LogP contribution in [0, 0.1) is 0 Å². The topological polar surface area (TPSA) is 80.2 Å². The number of aromatic amines is 1. The quantitative estimate of drug-likeness (QED) is 0.364. The van der Waals surface area contributed by atoms with Crippen molar-refractivity contribution in [2.45, 2.75) is 16.8 Å². The number of amides is 2. The van der Waals surface area contributed by atoms with Crippen LogP contribution in [0.4, 0.5) is 0 Å². The average molecular weight is 523 g/mol. The minimum atomic E-state index is -0.364. The first-order valence-corrected chi connectivity index (χ1v) is 11.7. The van der Waals surface area contributed by atoms with Gasteiger partial charge in [0.25, 0.3) is 11.8 Å². The smallest absolute Gasteiger partial charge is 0.268 e. The Labute approximate surface area is 202 Å². The molecule has 7 nitrogen and oxygen atoms in total. The van der Waals surface area contributed by atoms with E-state index in [0.29, 0.717) is 16.8 Å². The molecule has 0 unspecified atom stereocenters. The van der Waals surface area contributed by atoms with Crippen molar-refractivity contribution in [3.8, 4) is 11.4 Å². The van der Waals surface area contributed by atoms with E-state index in [1.165, 1.54) is 18.8 Å². The molecule has 1 aliphatic rings. The molecular formula is C24H19BrN4O3S. The summed E-state index contributed by atoms with van der Waals surface area (Å²) in [5, 5.41) is 1.60. The van der Waals surface area contributed by atoms with Crippen LogP contribution in [0.2, 0.25) is 0 Å². The molecule has 5 rings (SSSR count). The fourth-order valence-corrected chi connectivity index (χ4v) is 5.41. The van der Waals surface area contributed by atoms with Crippen LogP contribution < -0.4 is 0 Å². The lowest BCUT2D eigenvalue weighted by atomic mass is 10.0. The van der Waals surface area contributed by atoms with Gasteiger partial charge in [-0.2, -0.15) is 0 Å². The van der Waals surface area contributed by atoms with Gasteiger partial charge in [0.15, 0.2) is 5.16 Å². The van der Waals surface area contributed by atoms with Crippen LogP contribution in [0.1, 0.15) is 5.56 Å². The van der Waals surface area contributed by atoms with E-state index in [9.17, 15) is 9.59 Å². The van der Waals surface area contributed by atoms with Crippen LogP contribution in [-0.4, -0.2) is 45.4 Å². The molecule has 1 aliphatic heterocycles. The van der Waals surface area contributed by atoms with Crippen LogP contribution in [0.3, 0.4) is 0 Å². The molecule has 0 spiro atoms. The highest BCUT2D eigenvalue weighted by molar-refractivity contribution is 9.12. The first-order chi connectivity index (χ1) is 16.0. The lowest BCUT2D eigenvalue weighted by Gasteiger charge is -2.12. The third kappa shape index (κ3) is 3.62. The maximum absolute atomic E-state index is 13.1. The fourth-order valence-electron chi connectivity index (χ4n) is 3.91. The third-order valence-corrected chi connectivity index (χ3v) is 7.22. The van der Waals surface area contributed by atoms with Gasteiger partial charge in [-0.15, -0.1) is 0 Å². The number of H-pyrrole nitrogens is 1. The number of aromatic nitrogens is 3. The number of carbonyl (C=O) groups is 2. The van der Waals surface area contributed by atoms with E-state index in [1.54, 1.807) is 13.3 Å². The highest BCUT2D eigenvalue weighted by Gasteiger charge is 2.38. The number of nitrogens with zero attached hydrogens (tertiary/aromatic N) is 3. The van der Waals surface area contributed by atoms with Crippen molar-refractivity contribution >= 4 is 56.0 Å². The Bertz CT molecular complexity index is 1420. The summed E-state index contributed by atoms with van der Waals surface area (Å²) < 4.78 is 7.69. The number of hydrogen-bond donors (Lipinski definition) is 1. The zero-order chi connectivity index (χ0) is 23.1. The molecule has 0 atom stereocenters. The Morgan fingerprint density at radius 3 is 2.48 bits per heavy atom. The highest BCUT2D eigenvalue weighted by atomic mass is 79.9. The summed E-state index contributed by atoms with van der Waals surface area (Å²) in [5.74, 6) is -0.716. The number of nitrogens with one attached hydrogen (secondary N) is 1. The molecule has 0 aliphatic carbocycles. The number of ether oxygens (including phenoxy) is 1. The molecule has 2 amide bonds. The van der Waals surface area contributed by atoms with Gasteiger partial charge in [0.1, 0.15) is 6.73 Å². The van der Waals surface area contributed by atoms with E-state index in [2.05, 4.69) is 25.9 Å². The second-order valence-corrected chi connectivity index (χ2v) is 9.30. The Morgan fingerprint density at radius 1 is 1.06 bits per heavy atom. The largest absolute Gasteiger partial charge is 0.364 e. The number of imidazole rings is 1. The minimum absolute atomic E-state index is 0.248. The van der Waals surface area contributed by atoms with Gasteiger partial charge >= 0.3 is 0 Å². The van der Waals surface area contributed by atoms with Crippen LogP contribution in [0.15, 0.2) is 75.3 Å². The van der Waals surface area contributed by atoms with E-state index in [-0.39, 0.29) is 23.0 Å². The van der Waals surface area contributed by atoms with Crippen molar-refractivity contribution in [1.82, 2.24) is 19.4 Å². The molecule has 9 heteroatoms. The Hall–Kier alpha value is -3.14. The van der Waals surface area contributed by atoms with E-state index in [1.807, 2.05) is 59.2 Å².